The van der Waals surface area contributed by atoms with Crippen molar-refractivity contribution < 1.29 is 19.1 Å². The Morgan fingerprint density at radius 1 is 1.29 bits per heavy atom. The summed E-state index contributed by atoms with van der Waals surface area (Å²) in [6.45, 7) is 6.89. The van der Waals surface area contributed by atoms with Crippen molar-refractivity contribution in [3.05, 3.63) is 35.9 Å². The van der Waals surface area contributed by atoms with Gasteiger partial charge in [0.15, 0.2) is 0 Å². The third-order valence-corrected chi connectivity index (χ3v) is 4.56. The van der Waals surface area contributed by atoms with Crippen molar-refractivity contribution in [2.75, 3.05) is 13.1 Å². The van der Waals surface area contributed by atoms with E-state index >= 15 is 0 Å². The van der Waals surface area contributed by atoms with Gasteiger partial charge in [0, 0.05) is 19.0 Å². The number of hydrogen-bond donors (Lipinski definition) is 2. The maximum Gasteiger partial charge on any atom is 0.407 e. The maximum atomic E-state index is 12.6. The van der Waals surface area contributed by atoms with Crippen LogP contribution in [0.2, 0.25) is 0 Å². The monoisotopic (exact) mass is 332 g/mol. The van der Waals surface area contributed by atoms with Gasteiger partial charge in [-0.05, 0) is 26.3 Å². The predicted octanol–water partition coefficient (Wildman–Crippen LogP) is 1.84. The molecule has 2 N–H and O–H groups in total. The van der Waals surface area contributed by atoms with Crippen molar-refractivity contribution in [1.82, 2.24) is 10.6 Å². The van der Waals surface area contributed by atoms with Crippen LogP contribution in [0.4, 0.5) is 4.79 Å². The van der Waals surface area contributed by atoms with E-state index in [9.17, 15) is 9.59 Å². The van der Waals surface area contributed by atoms with E-state index in [0.29, 0.717) is 13.1 Å². The van der Waals surface area contributed by atoms with E-state index < -0.39 is 17.1 Å². The van der Waals surface area contributed by atoms with Gasteiger partial charge in [-0.25, -0.2) is 4.79 Å². The average Bonchev–Trinajstić information content (AvgIpc) is 2.91. The highest BCUT2D eigenvalue weighted by atomic mass is 16.6. The SMILES string of the molecule is CC(C)(C)OC(=O)N[C@@H]1[C@@H]2CNC[C@]12C(=O)OCc1ccccc1. The first kappa shape index (κ1) is 16.8. The molecule has 6 nitrogen and oxygen atoms in total. The summed E-state index contributed by atoms with van der Waals surface area (Å²) in [5.41, 5.74) is -0.277. The minimum Gasteiger partial charge on any atom is -0.460 e. The molecule has 1 amide bonds. The molecule has 24 heavy (non-hydrogen) atoms. The summed E-state index contributed by atoms with van der Waals surface area (Å²) in [6.07, 6.45) is -0.489. The standard InChI is InChI=1S/C18H24N2O4/c1-17(2,3)24-16(22)20-14-13-9-19-11-18(13,14)15(21)23-10-12-7-5-4-6-8-12/h4-8,13-14,19H,9-11H2,1-3H3,(H,20,22)/t13-,14+,18+/m0/s1. The van der Waals surface area contributed by atoms with E-state index in [4.69, 9.17) is 9.47 Å². The summed E-state index contributed by atoms with van der Waals surface area (Å²) in [5.74, 6) is -0.198. The minimum absolute atomic E-state index is 0.0632. The van der Waals surface area contributed by atoms with Gasteiger partial charge >= 0.3 is 12.1 Å². The Kier molecular flexibility index (Phi) is 4.25. The molecule has 1 aliphatic carbocycles. The number of nitrogens with one attached hydrogen (secondary N) is 2. The van der Waals surface area contributed by atoms with Crippen LogP contribution in [0, 0.1) is 11.3 Å². The lowest BCUT2D eigenvalue weighted by atomic mass is 10.1. The number of hydrogen-bond acceptors (Lipinski definition) is 5. The third-order valence-electron chi connectivity index (χ3n) is 4.56. The van der Waals surface area contributed by atoms with Crippen LogP contribution in [-0.4, -0.2) is 36.8 Å². The topological polar surface area (TPSA) is 76.7 Å². The molecule has 2 fully saturated rings. The molecule has 0 unspecified atom stereocenters. The third kappa shape index (κ3) is 3.24. The zero-order chi connectivity index (χ0) is 17.4. The number of esters is 1. The molecule has 0 spiro atoms. The molecule has 130 valence electrons. The summed E-state index contributed by atoms with van der Waals surface area (Å²) in [4.78, 5) is 24.6. The van der Waals surface area contributed by atoms with Crippen LogP contribution in [-0.2, 0) is 20.9 Å². The van der Waals surface area contributed by atoms with Crippen LogP contribution in [0.15, 0.2) is 30.3 Å². The van der Waals surface area contributed by atoms with E-state index in [1.807, 2.05) is 51.1 Å². The molecule has 1 heterocycles. The molecule has 6 heteroatoms. The Balaban J connectivity index is 1.59. The van der Waals surface area contributed by atoms with Gasteiger partial charge < -0.3 is 20.1 Å². The van der Waals surface area contributed by atoms with Crippen molar-refractivity contribution in [2.24, 2.45) is 11.3 Å². The molecule has 3 atom stereocenters. The molecule has 0 radical (unpaired) electrons. The minimum atomic E-state index is -0.661. The first-order valence-corrected chi connectivity index (χ1v) is 8.24. The number of alkyl carbamates (subject to hydrolysis) is 1. The molecule has 1 saturated heterocycles. The van der Waals surface area contributed by atoms with Crippen LogP contribution < -0.4 is 10.6 Å². The van der Waals surface area contributed by atoms with Gasteiger partial charge in [-0.3, -0.25) is 4.79 Å². The highest BCUT2D eigenvalue weighted by Gasteiger charge is 2.73. The summed E-state index contributed by atoms with van der Waals surface area (Å²) < 4.78 is 10.8. The molecule has 1 aliphatic heterocycles. The fraction of sp³-hybridized carbons (Fsp3) is 0.556. The Hall–Kier alpha value is -2.08. The van der Waals surface area contributed by atoms with Crippen LogP contribution in [0.1, 0.15) is 26.3 Å². The lowest BCUT2D eigenvalue weighted by molar-refractivity contribution is -0.151. The second-order valence-electron chi connectivity index (χ2n) is 7.46. The van der Waals surface area contributed by atoms with Gasteiger partial charge in [0.2, 0.25) is 0 Å². The molecule has 1 aromatic rings. The van der Waals surface area contributed by atoms with Crippen molar-refractivity contribution in [3.8, 4) is 0 Å². The zero-order valence-electron chi connectivity index (χ0n) is 14.3. The van der Waals surface area contributed by atoms with Gasteiger partial charge in [0.1, 0.15) is 17.6 Å². The highest BCUT2D eigenvalue weighted by Crippen LogP contribution is 2.56. The van der Waals surface area contributed by atoms with E-state index in [-0.39, 0.29) is 24.5 Å². The molecule has 0 bridgehead atoms. The van der Waals surface area contributed by atoms with Crippen molar-refractivity contribution in [2.45, 2.75) is 39.0 Å². The molecule has 2 aliphatic rings. The second kappa shape index (κ2) is 6.09. The number of rotatable bonds is 4. The summed E-state index contributed by atoms with van der Waals surface area (Å²) >= 11 is 0. The fourth-order valence-electron chi connectivity index (χ4n) is 3.37. The average molecular weight is 332 g/mol. The lowest BCUT2D eigenvalue weighted by Gasteiger charge is -2.21. The Bertz CT molecular complexity index is 626. The number of benzene rings is 1. The number of ether oxygens (including phenoxy) is 2. The van der Waals surface area contributed by atoms with Crippen molar-refractivity contribution in [1.29, 1.82) is 0 Å². The lowest BCUT2D eigenvalue weighted by Crippen LogP contribution is -2.41. The van der Waals surface area contributed by atoms with Gasteiger partial charge in [0.05, 0.1) is 6.04 Å². The fourth-order valence-corrected chi connectivity index (χ4v) is 3.37. The maximum absolute atomic E-state index is 12.6. The van der Waals surface area contributed by atoms with Gasteiger partial charge in [0.25, 0.3) is 0 Å². The summed E-state index contributed by atoms with van der Waals surface area (Å²) in [6, 6.07) is 9.34. The molecular weight excluding hydrogens is 308 g/mol. The van der Waals surface area contributed by atoms with Crippen LogP contribution in [0.3, 0.4) is 0 Å². The number of carbonyl (C=O) groups excluding carboxylic acids is 2. The Morgan fingerprint density at radius 2 is 2.00 bits per heavy atom. The quantitative estimate of drug-likeness (QED) is 0.823. The molecule has 1 saturated carbocycles. The molecule has 1 aromatic carbocycles. The predicted molar refractivity (Wildman–Crippen MR) is 88.2 cm³/mol. The largest absolute Gasteiger partial charge is 0.460 e. The summed E-state index contributed by atoms with van der Waals surface area (Å²) in [5, 5.41) is 6.03. The van der Waals surface area contributed by atoms with Gasteiger partial charge in [-0.15, -0.1) is 0 Å². The van der Waals surface area contributed by atoms with Crippen molar-refractivity contribution >= 4 is 12.1 Å². The number of amides is 1. The zero-order valence-corrected chi connectivity index (χ0v) is 14.3. The smallest absolute Gasteiger partial charge is 0.407 e. The van der Waals surface area contributed by atoms with Gasteiger partial charge in [-0.1, -0.05) is 30.3 Å². The van der Waals surface area contributed by atoms with E-state index in [2.05, 4.69) is 10.6 Å². The van der Waals surface area contributed by atoms with E-state index in [1.54, 1.807) is 0 Å². The number of piperidine rings is 1. The Labute approximate surface area is 141 Å². The molecule has 3 rings (SSSR count). The van der Waals surface area contributed by atoms with Crippen LogP contribution in [0.25, 0.3) is 0 Å². The molecular formula is C18H24N2O4. The number of carbonyl (C=O) groups is 2. The normalized spacial score (nSPS) is 28.0. The highest BCUT2D eigenvalue weighted by molar-refractivity contribution is 5.85. The first-order valence-electron chi connectivity index (χ1n) is 8.24. The second-order valence-corrected chi connectivity index (χ2v) is 7.46. The molecule has 0 aromatic heterocycles. The van der Waals surface area contributed by atoms with Gasteiger partial charge in [-0.2, -0.15) is 0 Å². The first-order chi connectivity index (χ1) is 11.3. The van der Waals surface area contributed by atoms with Crippen LogP contribution >= 0.6 is 0 Å². The van der Waals surface area contributed by atoms with Crippen LogP contribution in [0.5, 0.6) is 0 Å². The summed E-state index contributed by atoms with van der Waals surface area (Å²) in [7, 11) is 0. The van der Waals surface area contributed by atoms with E-state index in [0.717, 1.165) is 5.56 Å². The number of fused-ring (bicyclic) bond motifs is 1. The Morgan fingerprint density at radius 3 is 2.67 bits per heavy atom. The van der Waals surface area contributed by atoms with Crippen molar-refractivity contribution in [3.63, 3.8) is 0 Å². The van der Waals surface area contributed by atoms with E-state index in [1.165, 1.54) is 0 Å².